The zero-order chi connectivity index (χ0) is 34.4. The topological polar surface area (TPSA) is 51.6 Å². The fourth-order valence-electron chi connectivity index (χ4n) is 7.36. The Hall–Kier alpha value is -6.34. The van der Waals surface area contributed by atoms with Gasteiger partial charge in [0.25, 0.3) is 0 Å². The highest BCUT2D eigenvalue weighted by atomic mass is 32.1. The fraction of sp³-hybridized carbons (Fsp3) is 0. The van der Waals surface area contributed by atoms with Crippen molar-refractivity contribution in [2.24, 2.45) is 0 Å². The Labute approximate surface area is 308 Å². The molecule has 4 nitrogen and oxygen atoms in total. The van der Waals surface area contributed by atoms with Crippen LogP contribution < -0.4 is 0 Å². The molecule has 0 fully saturated rings. The predicted molar refractivity (Wildman–Crippen MR) is 219 cm³/mol. The fourth-order valence-corrected chi connectivity index (χ4v) is 8.63. The van der Waals surface area contributed by atoms with Crippen molar-refractivity contribution in [3.63, 3.8) is 0 Å². The van der Waals surface area contributed by atoms with Gasteiger partial charge in [0.2, 0.25) is 0 Å². The molecule has 4 heterocycles. The smallest absolute Gasteiger partial charge is 0.123 e. The Morgan fingerprint density at radius 3 is 1.52 bits per heavy atom. The second-order valence-corrected chi connectivity index (χ2v) is 14.5. The van der Waals surface area contributed by atoms with E-state index in [2.05, 4.69) is 131 Å². The molecule has 6 aromatic carbocycles. The zero-order valence-electron chi connectivity index (χ0n) is 27.8. The van der Waals surface area contributed by atoms with Gasteiger partial charge in [0.15, 0.2) is 0 Å². The van der Waals surface area contributed by atoms with Gasteiger partial charge < -0.3 is 0 Å². The monoisotopic (exact) mass is 700 g/mol. The van der Waals surface area contributed by atoms with Crippen molar-refractivity contribution in [3.05, 3.63) is 169 Å². The van der Waals surface area contributed by atoms with E-state index in [1.165, 1.54) is 21.9 Å². The van der Waals surface area contributed by atoms with E-state index in [0.29, 0.717) is 0 Å². The first-order valence-corrected chi connectivity index (χ1v) is 18.8. The number of thiazole rings is 2. The maximum Gasteiger partial charge on any atom is 0.123 e. The Morgan fingerprint density at radius 2 is 0.885 bits per heavy atom. The van der Waals surface area contributed by atoms with Gasteiger partial charge in [-0.15, -0.1) is 22.7 Å². The molecule has 10 aromatic rings. The molecule has 0 amide bonds. The second kappa shape index (κ2) is 12.8. The van der Waals surface area contributed by atoms with Gasteiger partial charge in [0.1, 0.15) is 10.0 Å². The molecule has 0 saturated heterocycles. The van der Waals surface area contributed by atoms with Crippen molar-refractivity contribution < 1.29 is 0 Å². The summed E-state index contributed by atoms with van der Waals surface area (Å²) in [5, 5.41) is 13.0. The van der Waals surface area contributed by atoms with Gasteiger partial charge in [-0.2, -0.15) is 0 Å². The molecule has 0 aliphatic rings. The summed E-state index contributed by atoms with van der Waals surface area (Å²) in [6.45, 7) is 0. The average Bonchev–Trinajstić information content (AvgIpc) is 3.96. The van der Waals surface area contributed by atoms with E-state index in [-0.39, 0.29) is 0 Å². The lowest BCUT2D eigenvalue weighted by Gasteiger charge is -2.18. The largest absolute Gasteiger partial charge is 0.256 e. The number of aromatic nitrogens is 4. The summed E-state index contributed by atoms with van der Waals surface area (Å²) in [5.74, 6) is 0. The molecule has 0 spiro atoms. The number of hydrogen-bond donors (Lipinski definition) is 0. The molecule has 244 valence electrons. The highest BCUT2D eigenvalue weighted by Gasteiger charge is 2.20. The van der Waals surface area contributed by atoms with Crippen LogP contribution in [0.25, 0.3) is 98.2 Å². The molecule has 0 atom stereocenters. The van der Waals surface area contributed by atoms with Gasteiger partial charge in [-0.25, -0.2) is 9.97 Å². The standard InChI is InChI=1S/C46H28N4S2/c1-2-8-35-30(6-1)7-5-11-36(35)31-14-12-29(13-15-31)32-16-17-39-40(26-32)44(42-28-34(19-21-48-42)46-50-23-25-52-46)38-10-4-3-9-37(38)43(39)41-27-33(18-20-47-41)45-49-22-24-51-45/h1-28H. The number of hydrogen-bond acceptors (Lipinski definition) is 6. The van der Waals surface area contributed by atoms with Crippen molar-refractivity contribution in [3.8, 4) is 65.9 Å². The summed E-state index contributed by atoms with van der Waals surface area (Å²) in [5.41, 5.74) is 10.9. The number of rotatable bonds is 6. The molecule has 0 radical (unpaired) electrons. The summed E-state index contributed by atoms with van der Waals surface area (Å²) >= 11 is 3.27. The van der Waals surface area contributed by atoms with Gasteiger partial charge >= 0.3 is 0 Å². The van der Waals surface area contributed by atoms with Crippen LogP contribution in [-0.4, -0.2) is 19.9 Å². The van der Waals surface area contributed by atoms with Gasteiger partial charge in [-0.1, -0.05) is 103 Å². The van der Waals surface area contributed by atoms with Crippen molar-refractivity contribution >= 4 is 55.0 Å². The molecule has 0 saturated carbocycles. The molecular formula is C46H28N4S2. The van der Waals surface area contributed by atoms with Crippen LogP contribution in [-0.2, 0) is 0 Å². The van der Waals surface area contributed by atoms with Crippen LogP contribution in [0.4, 0.5) is 0 Å². The summed E-state index contributed by atoms with van der Waals surface area (Å²) in [6, 6.07) is 47.9. The molecule has 0 aliphatic carbocycles. The summed E-state index contributed by atoms with van der Waals surface area (Å²) < 4.78 is 0. The van der Waals surface area contributed by atoms with E-state index in [9.17, 15) is 0 Å². The van der Waals surface area contributed by atoms with E-state index in [1.807, 2.05) is 47.7 Å². The van der Waals surface area contributed by atoms with Crippen molar-refractivity contribution in [1.29, 1.82) is 0 Å². The Morgan fingerprint density at radius 1 is 0.346 bits per heavy atom. The van der Waals surface area contributed by atoms with E-state index in [0.717, 1.165) is 76.3 Å². The summed E-state index contributed by atoms with van der Waals surface area (Å²) in [6.07, 6.45) is 7.49. The Balaban J connectivity index is 1.20. The van der Waals surface area contributed by atoms with E-state index in [1.54, 1.807) is 22.7 Å². The summed E-state index contributed by atoms with van der Waals surface area (Å²) in [4.78, 5) is 19.2. The lowest BCUT2D eigenvalue weighted by Crippen LogP contribution is -1.95. The van der Waals surface area contributed by atoms with Gasteiger partial charge in [0, 0.05) is 57.8 Å². The van der Waals surface area contributed by atoms with Gasteiger partial charge in [0.05, 0.1) is 11.4 Å². The minimum absolute atomic E-state index is 0.911. The van der Waals surface area contributed by atoms with Gasteiger partial charge in [-0.3, -0.25) is 9.97 Å². The third kappa shape index (κ3) is 5.28. The highest BCUT2D eigenvalue weighted by Crippen LogP contribution is 2.45. The maximum atomic E-state index is 5.00. The zero-order valence-corrected chi connectivity index (χ0v) is 29.4. The SMILES string of the molecule is c1ccc2c(-c3ccc(-c4ccc5c(-c6cc(-c7nccs7)ccn6)c6ccccc6c(-c6cc(-c7nccs7)ccn6)c5c4)cc3)cccc2c1. The summed E-state index contributed by atoms with van der Waals surface area (Å²) in [7, 11) is 0. The number of nitrogens with zero attached hydrogens (tertiary/aromatic N) is 4. The molecule has 4 aromatic heterocycles. The van der Waals surface area contributed by atoms with E-state index in [4.69, 9.17) is 9.97 Å². The molecule has 0 aliphatic heterocycles. The number of benzene rings is 6. The van der Waals surface area contributed by atoms with Crippen molar-refractivity contribution in [1.82, 2.24) is 19.9 Å². The van der Waals surface area contributed by atoms with E-state index >= 15 is 0 Å². The predicted octanol–water partition coefficient (Wildman–Crippen LogP) is 12.9. The first-order valence-electron chi connectivity index (χ1n) is 17.1. The third-order valence-electron chi connectivity index (χ3n) is 9.73. The molecule has 0 bridgehead atoms. The number of pyridine rings is 2. The highest BCUT2D eigenvalue weighted by molar-refractivity contribution is 7.13. The normalized spacial score (nSPS) is 11.5. The average molecular weight is 701 g/mol. The minimum Gasteiger partial charge on any atom is -0.256 e. The van der Waals surface area contributed by atoms with Crippen LogP contribution in [0.3, 0.4) is 0 Å². The maximum absolute atomic E-state index is 5.00. The molecule has 0 unspecified atom stereocenters. The molecule has 52 heavy (non-hydrogen) atoms. The van der Waals surface area contributed by atoms with Crippen LogP contribution in [0, 0.1) is 0 Å². The molecule has 0 N–H and O–H groups in total. The first kappa shape index (κ1) is 30.5. The Kier molecular flexibility index (Phi) is 7.48. The third-order valence-corrected chi connectivity index (χ3v) is 11.4. The second-order valence-electron chi connectivity index (χ2n) is 12.7. The van der Waals surface area contributed by atoms with E-state index < -0.39 is 0 Å². The van der Waals surface area contributed by atoms with Crippen LogP contribution in [0.15, 0.2) is 169 Å². The first-order chi connectivity index (χ1) is 25.8. The van der Waals surface area contributed by atoms with Crippen molar-refractivity contribution in [2.45, 2.75) is 0 Å². The van der Waals surface area contributed by atoms with Crippen molar-refractivity contribution in [2.75, 3.05) is 0 Å². The minimum atomic E-state index is 0.911. The number of fused-ring (bicyclic) bond motifs is 3. The van der Waals surface area contributed by atoms with Crippen LogP contribution >= 0.6 is 22.7 Å². The molecular weight excluding hydrogens is 673 g/mol. The molecule has 6 heteroatoms. The Bertz CT molecular complexity index is 2890. The lowest BCUT2D eigenvalue weighted by molar-refractivity contribution is 1.32. The van der Waals surface area contributed by atoms with Crippen LogP contribution in [0.5, 0.6) is 0 Å². The lowest BCUT2D eigenvalue weighted by atomic mass is 9.86. The quantitative estimate of drug-likeness (QED) is 0.162. The van der Waals surface area contributed by atoms with Gasteiger partial charge in [-0.05, 0) is 84.9 Å². The van der Waals surface area contributed by atoms with Crippen LogP contribution in [0.2, 0.25) is 0 Å². The molecule has 10 rings (SSSR count). The van der Waals surface area contributed by atoms with Crippen LogP contribution in [0.1, 0.15) is 0 Å².